The van der Waals surface area contributed by atoms with Gasteiger partial charge in [0.25, 0.3) is 11.8 Å². The van der Waals surface area contributed by atoms with Crippen molar-refractivity contribution in [1.82, 2.24) is 10.6 Å². The fraction of sp³-hybridized carbons (Fsp3) is 0.333. The number of carbonyl (C=O) groups is 4. The van der Waals surface area contributed by atoms with Gasteiger partial charge in [-0.25, -0.2) is 0 Å². The minimum Gasteiger partial charge on any atom is -0.473 e. The molecule has 4 aliphatic rings. The third kappa shape index (κ3) is 3.93. The van der Waals surface area contributed by atoms with E-state index in [9.17, 15) is 19.2 Å². The van der Waals surface area contributed by atoms with Crippen LogP contribution in [0.25, 0.3) is 0 Å². The number of imide groups is 2. The van der Waals surface area contributed by atoms with Gasteiger partial charge in [0.1, 0.15) is 0 Å². The number of nitrogens with one attached hydrogen (secondary N) is 2. The van der Waals surface area contributed by atoms with Gasteiger partial charge < -0.3 is 4.42 Å². The van der Waals surface area contributed by atoms with Gasteiger partial charge in [0.2, 0.25) is 11.8 Å². The van der Waals surface area contributed by atoms with Crippen molar-refractivity contribution in [2.24, 2.45) is 23.7 Å². The Bertz CT molecular complexity index is 659. The standard InChI is InChI=1S/C9H9NO2.C4H3NO2.C4H4O.CH4/c11-8-6-4-1-2-5(3-4)7(6)9(12)10-8;6-3-1-2-4(7)5-3;1-2-4-5-3-1;/h1-2,4-7H,3H2,(H,10,11,12);1-2H,(H,5,6,7);1-4H;1H4. The van der Waals surface area contributed by atoms with Gasteiger partial charge in [-0.05, 0) is 30.4 Å². The molecule has 2 fully saturated rings. The van der Waals surface area contributed by atoms with E-state index in [4.69, 9.17) is 0 Å². The Labute approximate surface area is 145 Å². The highest BCUT2D eigenvalue weighted by Gasteiger charge is 2.55. The Morgan fingerprint density at radius 1 is 0.800 bits per heavy atom. The SMILES string of the molecule is C.O=C1C=CC(=O)N1.O=C1NC(=O)C2C3C=CC(C3)C12.c1ccoc1. The van der Waals surface area contributed by atoms with Gasteiger partial charge in [-0.2, -0.15) is 0 Å². The minimum absolute atomic E-state index is 0. The second-order valence-electron chi connectivity index (χ2n) is 5.83. The van der Waals surface area contributed by atoms with Gasteiger partial charge in [-0.15, -0.1) is 0 Å². The molecule has 2 bridgehead atoms. The predicted molar refractivity (Wildman–Crippen MR) is 88.6 cm³/mol. The van der Waals surface area contributed by atoms with E-state index in [-0.39, 0.29) is 42.9 Å². The van der Waals surface area contributed by atoms with Crippen molar-refractivity contribution in [3.8, 4) is 0 Å². The average molecular weight is 344 g/mol. The number of allylic oxidation sites excluding steroid dienone is 2. The summed E-state index contributed by atoms with van der Waals surface area (Å²) in [6, 6.07) is 3.67. The molecule has 4 amide bonds. The van der Waals surface area contributed by atoms with E-state index in [2.05, 4.69) is 21.9 Å². The van der Waals surface area contributed by atoms with Crippen LogP contribution in [0.15, 0.2) is 53.4 Å². The lowest BCUT2D eigenvalue weighted by molar-refractivity contribution is -0.127. The zero-order valence-electron chi connectivity index (χ0n) is 12.7. The molecule has 4 unspecified atom stereocenters. The van der Waals surface area contributed by atoms with Crippen LogP contribution in [0.5, 0.6) is 0 Å². The largest absolute Gasteiger partial charge is 0.473 e. The van der Waals surface area contributed by atoms with Crippen LogP contribution in [0.4, 0.5) is 0 Å². The molecule has 2 aliphatic carbocycles. The second kappa shape index (κ2) is 7.74. The number of carbonyl (C=O) groups excluding carboxylic acids is 4. The number of rotatable bonds is 0. The predicted octanol–water partition coefficient (Wildman–Crippen LogP) is 1.20. The average Bonchev–Trinajstić information content (AvgIpc) is 3.33. The first kappa shape index (κ1) is 18.4. The lowest BCUT2D eigenvalue weighted by atomic mass is 9.85. The number of furan rings is 1. The van der Waals surface area contributed by atoms with Crippen molar-refractivity contribution in [3.05, 3.63) is 49.0 Å². The summed E-state index contributed by atoms with van der Waals surface area (Å²) in [4.78, 5) is 42.6. The molecule has 25 heavy (non-hydrogen) atoms. The lowest BCUT2D eigenvalue weighted by Gasteiger charge is -2.14. The molecule has 132 valence electrons. The Hall–Kier alpha value is -2.96. The van der Waals surface area contributed by atoms with E-state index in [1.54, 1.807) is 12.5 Å². The fourth-order valence-electron chi connectivity index (χ4n) is 3.41. The summed E-state index contributed by atoms with van der Waals surface area (Å²) in [7, 11) is 0. The van der Waals surface area contributed by atoms with Crippen molar-refractivity contribution in [1.29, 1.82) is 0 Å². The maximum absolute atomic E-state index is 11.3. The summed E-state index contributed by atoms with van der Waals surface area (Å²) in [5, 5.41) is 4.43. The summed E-state index contributed by atoms with van der Waals surface area (Å²) in [5.41, 5.74) is 0. The molecule has 4 atom stereocenters. The van der Waals surface area contributed by atoms with Gasteiger partial charge in [-0.3, -0.25) is 29.8 Å². The van der Waals surface area contributed by atoms with E-state index < -0.39 is 0 Å². The zero-order chi connectivity index (χ0) is 17.1. The molecule has 2 aliphatic heterocycles. The first-order valence-corrected chi connectivity index (χ1v) is 7.59. The van der Waals surface area contributed by atoms with Gasteiger partial charge in [0.15, 0.2) is 0 Å². The Balaban J connectivity index is 0.000000149. The first-order valence-electron chi connectivity index (χ1n) is 7.59. The van der Waals surface area contributed by atoms with Crippen LogP contribution < -0.4 is 10.6 Å². The molecule has 7 heteroatoms. The Kier molecular flexibility index (Phi) is 5.69. The number of amides is 4. The number of hydrogen-bond donors (Lipinski definition) is 2. The molecule has 0 aromatic carbocycles. The molecule has 1 saturated carbocycles. The van der Waals surface area contributed by atoms with E-state index in [0.717, 1.165) is 6.42 Å². The molecule has 1 aromatic heterocycles. The molecule has 0 radical (unpaired) electrons. The van der Waals surface area contributed by atoms with Crippen LogP contribution >= 0.6 is 0 Å². The molecule has 7 nitrogen and oxygen atoms in total. The summed E-state index contributed by atoms with van der Waals surface area (Å²) in [5.74, 6) is -0.156. The fourth-order valence-corrected chi connectivity index (χ4v) is 3.41. The number of fused-ring (bicyclic) bond motifs is 5. The van der Waals surface area contributed by atoms with E-state index in [1.807, 2.05) is 17.4 Å². The maximum atomic E-state index is 11.3. The van der Waals surface area contributed by atoms with Crippen molar-refractivity contribution in [2.45, 2.75) is 13.8 Å². The van der Waals surface area contributed by atoms with Crippen LogP contribution in [0.3, 0.4) is 0 Å². The highest BCUT2D eigenvalue weighted by atomic mass is 16.3. The summed E-state index contributed by atoms with van der Waals surface area (Å²) in [6.07, 6.45) is 10.8. The molecule has 0 spiro atoms. The maximum Gasteiger partial charge on any atom is 0.250 e. The van der Waals surface area contributed by atoms with E-state index in [1.165, 1.54) is 12.2 Å². The van der Waals surface area contributed by atoms with Gasteiger partial charge in [-0.1, -0.05) is 19.6 Å². The van der Waals surface area contributed by atoms with Crippen molar-refractivity contribution in [3.63, 3.8) is 0 Å². The van der Waals surface area contributed by atoms with Gasteiger partial charge in [0, 0.05) is 12.2 Å². The number of hydrogen-bond acceptors (Lipinski definition) is 5. The Morgan fingerprint density at radius 2 is 1.28 bits per heavy atom. The highest BCUT2D eigenvalue weighted by Crippen LogP contribution is 2.50. The van der Waals surface area contributed by atoms with Crippen molar-refractivity contribution < 1.29 is 23.6 Å². The Morgan fingerprint density at radius 3 is 1.60 bits per heavy atom. The van der Waals surface area contributed by atoms with Gasteiger partial charge >= 0.3 is 0 Å². The van der Waals surface area contributed by atoms with Crippen molar-refractivity contribution >= 4 is 23.6 Å². The second-order valence-corrected chi connectivity index (χ2v) is 5.83. The molecule has 5 rings (SSSR count). The van der Waals surface area contributed by atoms with Crippen LogP contribution in [0.1, 0.15) is 13.8 Å². The minimum atomic E-state index is -0.329. The van der Waals surface area contributed by atoms with E-state index >= 15 is 0 Å². The topological polar surface area (TPSA) is 105 Å². The third-order valence-corrected chi connectivity index (χ3v) is 4.37. The lowest BCUT2D eigenvalue weighted by Crippen LogP contribution is -2.25. The molecule has 1 aromatic rings. The van der Waals surface area contributed by atoms with Crippen LogP contribution in [-0.4, -0.2) is 23.6 Å². The summed E-state index contributed by atoms with van der Waals surface area (Å²) >= 11 is 0. The molecule has 1 saturated heterocycles. The zero-order valence-corrected chi connectivity index (χ0v) is 12.7. The van der Waals surface area contributed by atoms with Crippen molar-refractivity contribution in [2.75, 3.05) is 0 Å². The van der Waals surface area contributed by atoms with E-state index in [0.29, 0.717) is 11.8 Å². The third-order valence-electron chi connectivity index (χ3n) is 4.37. The van der Waals surface area contributed by atoms with Crippen LogP contribution in [0.2, 0.25) is 0 Å². The normalized spacial score (nSPS) is 29.8. The van der Waals surface area contributed by atoms with Gasteiger partial charge in [0.05, 0.1) is 24.4 Å². The molecular weight excluding hydrogens is 324 g/mol. The quantitative estimate of drug-likeness (QED) is 0.543. The molecular formula is C18H20N2O5. The van der Waals surface area contributed by atoms with Crippen LogP contribution in [-0.2, 0) is 19.2 Å². The molecule has 3 heterocycles. The first-order chi connectivity index (χ1) is 11.6. The van der Waals surface area contributed by atoms with Crippen LogP contribution in [0, 0.1) is 23.7 Å². The monoisotopic (exact) mass is 344 g/mol. The smallest absolute Gasteiger partial charge is 0.250 e. The summed E-state index contributed by atoms with van der Waals surface area (Å²) in [6.45, 7) is 0. The molecule has 2 N–H and O–H groups in total. The summed E-state index contributed by atoms with van der Waals surface area (Å²) < 4.78 is 4.58. The highest BCUT2D eigenvalue weighted by molar-refractivity contribution is 6.12.